The summed E-state index contributed by atoms with van der Waals surface area (Å²) in [5, 5.41) is 7.50. The lowest BCUT2D eigenvalue weighted by Gasteiger charge is -2.34. The van der Waals surface area contributed by atoms with Crippen molar-refractivity contribution in [2.75, 3.05) is 18.5 Å². The van der Waals surface area contributed by atoms with Crippen molar-refractivity contribution in [2.45, 2.75) is 64.3 Å². The van der Waals surface area contributed by atoms with Crippen molar-refractivity contribution >= 4 is 11.6 Å². The van der Waals surface area contributed by atoms with E-state index in [4.69, 9.17) is 4.74 Å². The number of fused-ring (bicyclic) bond motifs is 1. The van der Waals surface area contributed by atoms with Crippen molar-refractivity contribution in [1.29, 1.82) is 0 Å². The number of anilines is 1. The Bertz CT molecular complexity index is 881. The molecule has 0 bridgehead atoms. The molecular weight excluding hydrogens is 374 g/mol. The van der Waals surface area contributed by atoms with Gasteiger partial charge in [-0.25, -0.2) is 0 Å². The normalized spacial score (nSPS) is 21.6. The fraction of sp³-hybridized carbons (Fsp3) is 0.480. The fourth-order valence-corrected chi connectivity index (χ4v) is 4.58. The van der Waals surface area contributed by atoms with E-state index in [1.165, 1.54) is 23.1 Å². The molecule has 0 spiro atoms. The number of nitrogens with zero attached hydrogens (tertiary/aromatic N) is 1. The molecule has 160 valence electrons. The number of hydrogen-bond donors (Lipinski definition) is 2. The van der Waals surface area contributed by atoms with Crippen molar-refractivity contribution in [3.8, 4) is 5.75 Å². The van der Waals surface area contributed by atoms with Crippen molar-refractivity contribution in [1.82, 2.24) is 10.6 Å². The molecule has 1 saturated heterocycles. The molecule has 2 aromatic rings. The molecule has 2 aliphatic rings. The lowest BCUT2D eigenvalue weighted by Crippen LogP contribution is -2.45. The second kappa shape index (κ2) is 9.19. The van der Waals surface area contributed by atoms with Crippen LogP contribution in [0.25, 0.3) is 0 Å². The lowest BCUT2D eigenvalue weighted by atomic mass is 9.92. The second-order valence-electron chi connectivity index (χ2n) is 8.68. The first kappa shape index (κ1) is 20.9. The summed E-state index contributed by atoms with van der Waals surface area (Å²) in [5.41, 5.74) is 4.71. The quantitative estimate of drug-likeness (QED) is 0.761. The number of carbonyl (C=O) groups is 1. The maximum Gasteiger partial charge on any atom is 0.227 e. The molecule has 1 fully saturated rings. The SMILES string of the molecule is CC(C)Oc1cc2c(cc1CN[C@H]1CCCN[C@H]1c1ccccc1)CCC(=O)N2C. The molecular formula is C25H33N3O2. The van der Waals surface area contributed by atoms with E-state index < -0.39 is 0 Å². The number of hydrogen-bond acceptors (Lipinski definition) is 4. The van der Waals surface area contributed by atoms with E-state index >= 15 is 0 Å². The summed E-state index contributed by atoms with van der Waals surface area (Å²) in [6, 6.07) is 15.7. The highest BCUT2D eigenvalue weighted by molar-refractivity contribution is 5.96. The molecule has 2 aromatic carbocycles. The van der Waals surface area contributed by atoms with Crippen molar-refractivity contribution in [2.24, 2.45) is 0 Å². The predicted octanol–water partition coefficient (Wildman–Crippen LogP) is 3.97. The van der Waals surface area contributed by atoms with Crippen LogP contribution < -0.4 is 20.3 Å². The Kier molecular flexibility index (Phi) is 6.40. The summed E-state index contributed by atoms with van der Waals surface area (Å²) < 4.78 is 6.15. The maximum absolute atomic E-state index is 12.1. The van der Waals surface area contributed by atoms with E-state index in [1.54, 1.807) is 4.90 Å². The lowest BCUT2D eigenvalue weighted by molar-refractivity contribution is -0.118. The molecule has 5 nitrogen and oxygen atoms in total. The first-order valence-electron chi connectivity index (χ1n) is 11.1. The van der Waals surface area contributed by atoms with Gasteiger partial charge in [-0.2, -0.15) is 0 Å². The zero-order valence-electron chi connectivity index (χ0n) is 18.3. The largest absolute Gasteiger partial charge is 0.491 e. The molecule has 0 unspecified atom stereocenters. The zero-order valence-corrected chi connectivity index (χ0v) is 18.3. The van der Waals surface area contributed by atoms with Crippen LogP contribution in [-0.2, 0) is 17.8 Å². The van der Waals surface area contributed by atoms with Gasteiger partial charge in [0.15, 0.2) is 0 Å². The molecule has 1 amide bonds. The Balaban J connectivity index is 1.56. The average molecular weight is 408 g/mol. The van der Waals surface area contributed by atoms with Crippen molar-refractivity contribution < 1.29 is 9.53 Å². The summed E-state index contributed by atoms with van der Waals surface area (Å²) in [6.45, 7) is 5.89. The Labute approximate surface area is 179 Å². The molecule has 0 radical (unpaired) electrons. The molecule has 2 aliphatic heterocycles. The number of piperidine rings is 1. The molecule has 2 heterocycles. The Hall–Kier alpha value is -2.37. The minimum absolute atomic E-state index is 0.0832. The van der Waals surface area contributed by atoms with Gasteiger partial charge in [0.05, 0.1) is 11.8 Å². The topological polar surface area (TPSA) is 53.6 Å². The zero-order chi connectivity index (χ0) is 21.1. The number of nitrogens with one attached hydrogen (secondary N) is 2. The first-order chi connectivity index (χ1) is 14.5. The number of amides is 1. The highest BCUT2D eigenvalue weighted by atomic mass is 16.5. The van der Waals surface area contributed by atoms with E-state index in [-0.39, 0.29) is 12.0 Å². The molecule has 5 heteroatoms. The van der Waals surface area contributed by atoms with Crippen LogP contribution in [-0.4, -0.2) is 31.6 Å². The molecule has 0 saturated carbocycles. The van der Waals surface area contributed by atoms with E-state index in [0.29, 0.717) is 18.5 Å². The summed E-state index contributed by atoms with van der Waals surface area (Å²) in [6.07, 6.45) is 3.77. The van der Waals surface area contributed by atoms with Gasteiger partial charge in [0.25, 0.3) is 0 Å². The minimum Gasteiger partial charge on any atom is -0.491 e. The standard InChI is InChI=1S/C25H33N3O2/c1-17(2)30-23-15-22-19(11-12-24(29)28(22)3)14-20(23)16-27-21-10-7-13-26-25(21)18-8-5-4-6-9-18/h4-6,8-9,14-15,17,21,25-27H,7,10-13,16H2,1-3H3/t21-,25-/m0/s1. The first-order valence-corrected chi connectivity index (χ1v) is 11.1. The van der Waals surface area contributed by atoms with Gasteiger partial charge < -0.3 is 20.3 Å². The third-order valence-corrected chi connectivity index (χ3v) is 6.14. The third kappa shape index (κ3) is 4.52. The molecule has 2 N–H and O–H groups in total. The number of ether oxygens (including phenoxy) is 1. The summed E-state index contributed by atoms with van der Waals surface area (Å²) >= 11 is 0. The predicted molar refractivity (Wildman–Crippen MR) is 121 cm³/mol. The van der Waals surface area contributed by atoms with Crippen LogP contribution in [0.2, 0.25) is 0 Å². The number of aryl methyl sites for hydroxylation is 1. The van der Waals surface area contributed by atoms with Crippen LogP contribution in [0, 0.1) is 0 Å². The smallest absolute Gasteiger partial charge is 0.227 e. The Morgan fingerprint density at radius 3 is 2.77 bits per heavy atom. The minimum atomic E-state index is 0.0832. The van der Waals surface area contributed by atoms with E-state index in [9.17, 15) is 4.79 Å². The van der Waals surface area contributed by atoms with Gasteiger partial charge in [-0.05, 0) is 56.8 Å². The number of carbonyl (C=O) groups excluding carboxylic acids is 1. The fourth-order valence-electron chi connectivity index (χ4n) is 4.58. The highest BCUT2D eigenvalue weighted by Gasteiger charge is 2.27. The van der Waals surface area contributed by atoms with Crippen molar-refractivity contribution in [3.63, 3.8) is 0 Å². The van der Waals surface area contributed by atoms with Crippen LogP contribution in [0.1, 0.15) is 55.8 Å². The van der Waals surface area contributed by atoms with Crippen LogP contribution in [0.15, 0.2) is 42.5 Å². The summed E-state index contributed by atoms with van der Waals surface area (Å²) in [7, 11) is 1.86. The van der Waals surface area contributed by atoms with E-state index in [1.807, 2.05) is 20.9 Å². The van der Waals surface area contributed by atoms with E-state index in [2.05, 4.69) is 53.1 Å². The molecule has 30 heavy (non-hydrogen) atoms. The Morgan fingerprint density at radius 1 is 1.20 bits per heavy atom. The van der Waals surface area contributed by atoms with Crippen LogP contribution >= 0.6 is 0 Å². The van der Waals surface area contributed by atoms with Gasteiger partial charge in [0.1, 0.15) is 5.75 Å². The van der Waals surface area contributed by atoms with Gasteiger partial charge in [-0.15, -0.1) is 0 Å². The summed E-state index contributed by atoms with van der Waals surface area (Å²) in [4.78, 5) is 13.9. The highest BCUT2D eigenvalue weighted by Crippen LogP contribution is 2.34. The monoisotopic (exact) mass is 407 g/mol. The van der Waals surface area contributed by atoms with Gasteiger partial charge in [0.2, 0.25) is 5.91 Å². The second-order valence-corrected chi connectivity index (χ2v) is 8.68. The Morgan fingerprint density at radius 2 is 2.00 bits per heavy atom. The molecule has 4 rings (SSSR count). The van der Waals surface area contributed by atoms with Gasteiger partial charge in [-0.1, -0.05) is 30.3 Å². The maximum atomic E-state index is 12.1. The van der Waals surface area contributed by atoms with Crippen LogP contribution in [0.5, 0.6) is 5.75 Å². The molecule has 0 aliphatic carbocycles. The third-order valence-electron chi connectivity index (χ3n) is 6.14. The average Bonchev–Trinajstić information content (AvgIpc) is 2.76. The van der Waals surface area contributed by atoms with Gasteiger partial charge in [0, 0.05) is 43.7 Å². The summed E-state index contributed by atoms with van der Waals surface area (Å²) in [5.74, 6) is 1.04. The van der Waals surface area contributed by atoms with Crippen LogP contribution in [0.4, 0.5) is 5.69 Å². The van der Waals surface area contributed by atoms with Crippen LogP contribution in [0.3, 0.4) is 0 Å². The van der Waals surface area contributed by atoms with Crippen molar-refractivity contribution in [3.05, 3.63) is 59.2 Å². The van der Waals surface area contributed by atoms with E-state index in [0.717, 1.165) is 37.4 Å². The van der Waals surface area contributed by atoms with Gasteiger partial charge in [-0.3, -0.25) is 4.79 Å². The number of benzene rings is 2. The molecule has 2 atom stereocenters. The van der Waals surface area contributed by atoms with Gasteiger partial charge >= 0.3 is 0 Å². The number of rotatable bonds is 6. The molecule has 0 aromatic heterocycles.